The van der Waals surface area contributed by atoms with Gasteiger partial charge in [-0.25, -0.2) is 9.97 Å². The second kappa shape index (κ2) is 14.1. The number of likely N-dealkylation sites (N-methyl/N-ethyl adjacent to an activating group) is 1. The highest BCUT2D eigenvalue weighted by Crippen LogP contribution is 2.45. The number of benzene rings is 2. The van der Waals surface area contributed by atoms with Crippen molar-refractivity contribution >= 4 is 69.8 Å². The Bertz CT molecular complexity index is 1630. The average Bonchev–Trinajstić information content (AvgIpc) is 3.70. The Hall–Kier alpha value is -4.07. The number of hydrogen-bond donors (Lipinski definition) is 4. The van der Waals surface area contributed by atoms with Crippen LogP contribution in [-0.2, 0) is 14.4 Å². The van der Waals surface area contributed by atoms with Crippen LogP contribution in [-0.4, -0.2) is 78.2 Å². The fraction of sp³-hybridized carbons (Fsp3) is 0.452. The second-order valence-corrected chi connectivity index (χ2v) is 12.5. The molecule has 3 atom stereocenters. The smallest absolute Gasteiger partial charge is 0.247 e. The first-order valence-corrected chi connectivity index (χ1v) is 15.1. The van der Waals surface area contributed by atoms with Gasteiger partial charge in [-0.1, -0.05) is 32.4 Å². The van der Waals surface area contributed by atoms with Crippen LogP contribution in [0.15, 0.2) is 30.6 Å². The number of carbonyl (C=O) groups is 3. The van der Waals surface area contributed by atoms with Crippen molar-refractivity contribution in [2.24, 2.45) is 5.41 Å². The molecule has 2 aliphatic heterocycles. The number of likely N-dealkylation sites (tertiary alicyclic amines) is 1. The molecule has 2 aliphatic rings. The maximum absolute atomic E-state index is 13.9. The van der Waals surface area contributed by atoms with Crippen molar-refractivity contribution in [3.8, 4) is 17.2 Å². The number of carbonyl (C=O) groups excluding carboxylic acids is 3. The van der Waals surface area contributed by atoms with E-state index in [0.717, 1.165) is 0 Å². The molecule has 15 heteroatoms. The summed E-state index contributed by atoms with van der Waals surface area (Å²) in [6.07, 6.45) is 2.52. The molecule has 4 N–H and O–H groups in total. The molecule has 5 rings (SSSR count). The standard InChI is InChI=1S/C31H38ClN7O6.ClH/c1-16(33-5)28(40)38-26(31(2,3)4)30(42)39-11-7-8-21(39)29(41)36-20-12-17-19(13-23(20)43-6)34-14-35-27(17)37-24-18(32)9-10-22-25(24)45-15-44-22;/h9-10,12-14,16,21,26,33H,7-8,11,15H2,1-6H3,(H,36,41)(H,38,40)(H,34,35,37);1H/t16-,21-,26+;/m0./s1. The summed E-state index contributed by atoms with van der Waals surface area (Å²) in [6, 6.07) is 4.78. The Balaban J connectivity index is 0.00000480. The minimum absolute atomic E-state index is 0. The molecule has 0 spiro atoms. The molecule has 0 radical (unpaired) electrons. The second-order valence-electron chi connectivity index (χ2n) is 12.1. The Morgan fingerprint density at radius 3 is 2.61 bits per heavy atom. The third kappa shape index (κ3) is 7.01. The normalized spacial score (nSPS) is 16.8. The predicted octanol–water partition coefficient (Wildman–Crippen LogP) is 4.25. The Labute approximate surface area is 278 Å². The highest BCUT2D eigenvalue weighted by atomic mass is 35.5. The number of rotatable bonds is 9. The molecule has 0 aliphatic carbocycles. The van der Waals surface area contributed by atoms with Gasteiger partial charge in [0.2, 0.25) is 24.5 Å². The lowest BCUT2D eigenvalue weighted by atomic mass is 9.85. The van der Waals surface area contributed by atoms with Gasteiger partial charge in [0.15, 0.2) is 11.5 Å². The zero-order chi connectivity index (χ0) is 32.5. The van der Waals surface area contributed by atoms with Crippen molar-refractivity contribution in [3.05, 3.63) is 35.6 Å². The van der Waals surface area contributed by atoms with E-state index in [2.05, 4.69) is 31.2 Å². The van der Waals surface area contributed by atoms with Crippen molar-refractivity contribution in [1.29, 1.82) is 0 Å². The van der Waals surface area contributed by atoms with Crippen LogP contribution in [0.4, 0.5) is 17.2 Å². The van der Waals surface area contributed by atoms with Crippen molar-refractivity contribution in [2.45, 2.75) is 58.7 Å². The van der Waals surface area contributed by atoms with Crippen LogP contribution in [0.5, 0.6) is 17.2 Å². The molecule has 0 unspecified atom stereocenters. The summed E-state index contributed by atoms with van der Waals surface area (Å²) in [5.41, 5.74) is 0.825. The fourth-order valence-corrected chi connectivity index (χ4v) is 5.56. The summed E-state index contributed by atoms with van der Waals surface area (Å²) in [5.74, 6) is 0.846. The van der Waals surface area contributed by atoms with Crippen LogP contribution in [0, 0.1) is 5.41 Å². The largest absolute Gasteiger partial charge is 0.494 e. The van der Waals surface area contributed by atoms with Gasteiger partial charge in [0, 0.05) is 18.0 Å². The van der Waals surface area contributed by atoms with Gasteiger partial charge in [-0.2, -0.15) is 0 Å². The van der Waals surface area contributed by atoms with E-state index in [4.69, 9.17) is 25.8 Å². The van der Waals surface area contributed by atoms with Crippen LogP contribution in [0.1, 0.15) is 40.5 Å². The van der Waals surface area contributed by atoms with Crippen LogP contribution < -0.4 is 35.5 Å². The van der Waals surface area contributed by atoms with Crippen molar-refractivity contribution < 1.29 is 28.6 Å². The van der Waals surface area contributed by atoms with E-state index in [-0.39, 0.29) is 36.9 Å². The third-order valence-electron chi connectivity index (χ3n) is 8.01. The molecule has 46 heavy (non-hydrogen) atoms. The number of anilines is 3. The molecule has 1 saturated heterocycles. The molecule has 248 valence electrons. The van der Waals surface area contributed by atoms with E-state index >= 15 is 0 Å². The number of nitrogens with one attached hydrogen (secondary N) is 4. The van der Waals surface area contributed by atoms with E-state index in [1.807, 2.05) is 20.8 Å². The molecule has 3 amide bonds. The summed E-state index contributed by atoms with van der Waals surface area (Å²) < 4.78 is 16.7. The molecular formula is C31H39Cl2N7O6. The van der Waals surface area contributed by atoms with E-state index in [1.165, 1.54) is 13.4 Å². The third-order valence-corrected chi connectivity index (χ3v) is 8.33. The van der Waals surface area contributed by atoms with Crippen LogP contribution >= 0.6 is 24.0 Å². The van der Waals surface area contributed by atoms with Gasteiger partial charge in [0.1, 0.15) is 35.7 Å². The van der Waals surface area contributed by atoms with E-state index in [0.29, 0.717) is 69.8 Å². The summed E-state index contributed by atoms with van der Waals surface area (Å²) in [6.45, 7) is 7.84. The van der Waals surface area contributed by atoms with Gasteiger partial charge in [0.05, 0.1) is 29.4 Å². The monoisotopic (exact) mass is 675 g/mol. The van der Waals surface area contributed by atoms with Gasteiger partial charge in [0.25, 0.3) is 0 Å². The van der Waals surface area contributed by atoms with Crippen LogP contribution in [0.3, 0.4) is 0 Å². The number of halogens is 2. The molecular weight excluding hydrogens is 637 g/mol. The zero-order valence-corrected chi connectivity index (χ0v) is 28.1. The summed E-state index contributed by atoms with van der Waals surface area (Å²) in [7, 11) is 3.17. The van der Waals surface area contributed by atoms with Crippen LogP contribution in [0.25, 0.3) is 10.9 Å². The maximum Gasteiger partial charge on any atom is 0.247 e. The molecule has 1 aromatic heterocycles. The first-order valence-electron chi connectivity index (χ1n) is 14.7. The van der Waals surface area contributed by atoms with Gasteiger partial charge in [-0.15, -0.1) is 12.4 Å². The summed E-state index contributed by atoms with van der Waals surface area (Å²) >= 11 is 6.49. The van der Waals surface area contributed by atoms with E-state index < -0.39 is 23.5 Å². The fourth-order valence-electron chi connectivity index (χ4n) is 5.37. The quantitative estimate of drug-likeness (QED) is 0.259. The summed E-state index contributed by atoms with van der Waals surface area (Å²) in [4.78, 5) is 50.7. The number of amides is 3. The summed E-state index contributed by atoms with van der Waals surface area (Å²) in [5, 5.41) is 13.0. The highest BCUT2D eigenvalue weighted by molar-refractivity contribution is 6.34. The van der Waals surface area contributed by atoms with Gasteiger partial charge < -0.3 is 40.4 Å². The lowest BCUT2D eigenvalue weighted by molar-refractivity contribution is -0.143. The lowest BCUT2D eigenvalue weighted by Crippen LogP contribution is -2.59. The SMILES string of the molecule is CN[C@@H](C)C(=O)N[C@H](C(=O)N1CCC[C@H]1C(=O)Nc1cc2c(Nc3c(Cl)ccc4c3OCO4)ncnc2cc1OC)C(C)(C)C.Cl. The number of ether oxygens (including phenoxy) is 3. The molecule has 3 heterocycles. The number of methoxy groups -OCH3 is 1. The zero-order valence-electron chi connectivity index (χ0n) is 26.5. The Morgan fingerprint density at radius 2 is 1.91 bits per heavy atom. The first kappa shape index (κ1) is 34.8. The Kier molecular flexibility index (Phi) is 10.7. The Morgan fingerprint density at radius 1 is 1.15 bits per heavy atom. The number of nitrogens with zero attached hydrogens (tertiary/aromatic N) is 3. The topological polar surface area (TPSA) is 156 Å². The lowest BCUT2D eigenvalue weighted by Gasteiger charge is -2.36. The van der Waals surface area contributed by atoms with Gasteiger partial charge in [-0.05, 0) is 50.4 Å². The molecule has 3 aromatic rings. The number of fused-ring (bicyclic) bond motifs is 2. The number of aromatic nitrogens is 2. The van der Waals surface area contributed by atoms with Gasteiger partial charge >= 0.3 is 0 Å². The molecule has 2 aromatic carbocycles. The first-order chi connectivity index (χ1) is 21.4. The highest BCUT2D eigenvalue weighted by Gasteiger charge is 2.42. The average molecular weight is 677 g/mol. The maximum atomic E-state index is 13.9. The minimum atomic E-state index is -0.823. The molecule has 13 nitrogen and oxygen atoms in total. The molecule has 0 saturated carbocycles. The van der Waals surface area contributed by atoms with E-state index in [1.54, 1.807) is 43.1 Å². The van der Waals surface area contributed by atoms with Gasteiger partial charge in [-0.3, -0.25) is 14.4 Å². The number of hydrogen-bond acceptors (Lipinski definition) is 10. The molecule has 1 fully saturated rings. The van der Waals surface area contributed by atoms with E-state index in [9.17, 15) is 14.4 Å². The van der Waals surface area contributed by atoms with Crippen LogP contribution in [0.2, 0.25) is 5.02 Å². The van der Waals surface area contributed by atoms with Crippen molar-refractivity contribution in [2.75, 3.05) is 38.1 Å². The van der Waals surface area contributed by atoms with Crippen molar-refractivity contribution in [1.82, 2.24) is 25.5 Å². The predicted molar refractivity (Wildman–Crippen MR) is 177 cm³/mol. The minimum Gasteiger partial charge on any atom is -0.494 e. The van der Waals surface area contributed by atoms with Crippen molar-refractivity contribution in [3.63, 3.8) is 0 Å². The molecule has 0 bridgehead atoms.